The van der Waals surface area contributed by atoms with Crippen LogP contribution in [0.3, 0.4) is 0 Å². The molecule has 0 spiro atoms. The average Bonchev–Trinajstić information content (AvgIpc) is 2.66. The van der Waals surface area contributed by atoms with Gasteiger partial charge in [-0.1, -0.05) is 0 Å². The standard InChI is InChI=1S/C11H10N2O3/c14-8-1-2-9(15)10-6(8)5-7-11(16)12-3-4-13(7)10/h5H,1-4H2,(H,12,16). The van der Waals surface area contributed by atoms with Crippen molar-refractivity contribution in [2.24, 2.45) is 0 Å². The minimum absolute atomic E-state index is 0.0319. The Balaban J connectivity index is 2.27. The smallest absolute Gasteiger partial charge is 0.268 e. The second-order valence-electron chi connectivity index (χ2n) is 4.05. The van der Waals surface area contributed by atoms with Crippen LogP contribution in [0.5, 0.6) is 0 Å². The molecule has 0 radical (unpaired) electrons. The summed E-state index contributed by atoms with van der Waals surface area (Å²) < 4.78 is 1.67. The summed E-state index contributed by atoms with van der Waals surface area (Å²) in [5, 5.41) is 2.69. The molecule has 5 nitrogen and oxygen atoms in total. The quantitative estimate of drug-likeness (QED) is 0.685. The van der Waals surface area contributed by atoms with Crippen LogP contribution in [0, 0.1) is 0 Å². The molecule has 3 rings (SSSR count). The van der Waals surface area contributed by atoms with Gasteiger partial charge in [0, 0.05) is 31.5 Å². The maximum atomic E-state index is 11.8. The maximum absolute atomic E-state index is 11.8. The third kappa shape index (κ3) is 1.08. The van der Waals surface area contributed by atoms with E-state index >= 15 is 0 Å². The van der Waals surface area contributed by atoms with Gasteiger partial charge in [-0.25, -0.2) is 0 Å². The lowest BCUT2D eigenvalue weighted by atomic mass is 9.95. The Morgan fingerprint density at radius 3 is 2.69 bits per heavy atom. The van der Waals surface area contributed by atoms with Gasteiger partial charge in [0.15, 0.2) is 11.6 Å². The molecule has 16 heavy (non-hydrogen) atoms. The Morgan fingerprint density at radius 2 is 1.88 bits per heavy atom. The number of carbonyl (C=O) groups is 3. The molecule has 0 aromatic carbocycles. The van der Waals surface area contributed by atoms with Crippen LogP contribution >= 0.6 is 0 Å². The summed E-state index contributed by atoms with van der Waals surface area (Å²) in [6.07, 6.45) is 0.522. The van der Waals surface area contributed by atoms with Gasteiger partial charge in [-0.2, -0.15) is 0 Å². The number of nitrogens with one attached hydrogen (secondary N) is 1. The number of aromatic nitrogens is 1. The molecule has 1 aliphatic carbocycles. The number of carbonyl (C=O) groups excluding carboxylic acids is 3. The first kappa shape index (κ1) is 9.33. The topological polar surface area (TPSA) is 68.2 Å². The lowest BCUT2D eigenvalue weighted by Crippen LogP contribution is -2.36. The van der Waals surface area contributed by atoms with Crippen molar-refractivity contribution in [3.63, 3.8) is 0 Å². The third-order valence-electron chi connectivity index (χ3n) is 3.09. The SMILES string of the molecule is O=C1CCC(=O)c2c1cc1n2CCNC1=O. The molecule has 1 amide bonds. The number of hydrogen-bond acceptors (Lipinski definition) is 3. The summed E-state index contributed by atoms with van der Waals surface area (Å²) in [5.41, 5.74) is 1.28. The molecule has 0 atom stereocenters. The maximum Gasteiger partial charge on any atom is 0.268 e. The van der Waals surface area contributed by atoms with Gasteiger partial charge in [-0.05, 0) is 6.07 Å². The number of fused-ring (bicyclic) bond motifs is 3. The van der Waals surface area contributed by atoms with Crippen LogP contribution in [-0.2, 0) is 6.54 Å². The van der Waals surface area contributed by atoms with Gasteiger partial charge in [0.25, 0.3) is 5.91 Å². The normalized spacial score (nSPS) is 19.1. The van der Waals surface area contributed by atoms with Crippen molar-refractivity contribution in [1.82, 2.24) is 9.88 Å². The van der Waals surface area contributed by atoms with Crippen molar-refractivity contribution < 1.29 is 14.4 Å². The first-order chi connectivity index (χ1) is 7.68. The highest BCUT2D eigenvalue weighted by molar-refractivity contribution is 6.14. The molecule has 0 fully saturated rings. The van der Waals surface area contributed by atoms with Gasteiger partial charge in [0.05, 0.1) is 5.69 Å². The molecule has 1 N–H and O–H groups in total. The molecule has 0 saturated heterocycles. The molecule has 5 heteroatoms. The number of nitrogens with zero attached hydrogens (tertiary/aromatic N) is 1. The van der Waals surface area contributed by atoms with Crippen LogP contribution in [0.4, 0.5) is 0 Å². The number of hydrogen-bond donors (Lipinski definition) is 1. The average molecular weight is 218 g/mol. The molecule has 2 aliphatic rings. The zero-order chi connectivity index (χ0) is 11.3. The number of ketones is 2. The molecule has 82 valence electrons. The van der Waals surface area contributed by atoms with E-state index in [9.17, 15) is 14.4 Å². The third-order valence-corrected chi connectivity index (χ3v) is 3.09. The fraction of sp³-hybridized carbons (Fsp3) is 0.364. The van der Waals surface area contributed by atoms with Crippen molar-refractivity contribution in [1.29, 1.82) is 0 Å². The van der Waals surface area contributed by atoms with E-state index in [-0.39, 0.29) is 30.3 Å². The molecule has 0 saturated carbocycles. The van der Waals surface area contributed by atoms with Gasteiger partial charge in [0.1, 0.15) is 5.69 Å². The number of Topliss-reactive ketones (excluding diaryl/α,β-unsaturated/α-hetero) is 2. The van der Waals surface area contributed by atoms with Gasteiger partial charge >= 0.3 is 0 Å². The van der Waals surface area contributed by atoms with Gasteiger partial charge in [0.2, 0.25) is 0 Å². The van der Waals surface area contributed by atoms with Crippen molar-refractivity contribution >= 4 is 17.5 Å². The molecule has 0 bridgehead atoms. The molecule has 1 aromatic rings. The van der Waals surface area contributed by atoms with E-state index in [0.717, 1.165) is 0 Å². The largest absolute Gasteiger partial charge is 0.349 e. The summed E-state index contributed by atoms with van der Waals surface area (Å²) in [6.45, 7) is 1.07. The number of rotatable bonds is 0. The second kappa shape index (κ2) is 3.04. The minimum atomic E-state index is -0.207. The van der Waals surface area contributed by atoms with Crippen LogP contribution < -0.4 is 5.32 Å². The van der Waals surface area contributed by atoms with Crippen LogP contribution in [0.15, 0.2) is 6.07 Å². The molecule has 0 unspecified atom stereocenters. The first-order valence-corrected chi connectivity index (χ1v) is 5.26. The zero-order valence-corrected chi connectivity index (χ0v) is 8.58. The van der Waals surface area contributed by atoms with Gasteiger partial charge in [-0.15, -0.1) is 0 Å². The summed E-state index contributed by atoms with van der Waals surface area (Å²) in [6, 6.07) is 1.54. The fourth-order valence-corrected chi connectivity index (χ4v) is 2.33. The minimum Gasteiger partial charge on any atom is -0.349 e. The number of amides is 1. The molecule has 1 aromatic heterocycles. The summed E-state index contributed by atoms with van der Waals surface area (Å²) >= 11 is 0. The van der Waals surface area contributed by atoms with Crippen molar-refractivity contribution in [3.05, 3.63) is 23.0 Å². The van der Waals surface area contributed by atoms with Crippen LogP contribution in [0.1, 0.15) is 44.2 Å². The summed E-state index contributed by atoms with van der Waals surface area (Å²) in [5.74, 6) is -0.277. The molecule has 1 aliphatic heterocycles. The summed E-state index contributed by atoms with van der Waals surface area (Å²) in [4.78, 5) is 35.0. The predicted octanol–water partition coefficient (Wildman–Crippen LogP) is 0.391. The molecule has 2 heterocycles. The van der Waals surface area contributed by atoms with Crippen LogP contribution in [0.25, 0.3) is 0 Å². The van der Waals surface area contributed by atoms with E-state index in [1.807, 2.05) is 0 Å². The second-order valence-corrected chi connectivity index (χ2v) is 4.05. The highest BCUT2D eigenvalue weighted by Crippen LogP contribution is 2.26. The van der Waals surface area contributed by atoms with E-state index in [2.05, 4.69) is 5.32 Å². The highest BCUT2D eigenvalue weighted by Gasteiger charge is 2.32. The van der Waals surface area contributed by atoms with Gasteiger partial charge < -0.3 is 9.88 Å². The van der Waals surface area contributed by atoms with Crippen LogP contribution in [0.2, 0.25) is 0 Å². The van der Waals surface area contributed by atoms with E-state index in [1.54, 1.807) is 10.6 Å². The Labute approximate surface area is 91.4 Å². The fourth-order valence-electron chi connectivity index (χ4n) is 2.33. The Morgan fingerprint density at radius 1 is 1.12 bits per heavy atom. The van der Waals surface area contributed by atoms with Crippen molar-refractivity contribution in [2.75, 3.05) is 6.54 Å². The van der Waals surface area contributed by atoms with Crippen LogP contribution in [-0.4, -0.2) is 28.6 Å². The van der Waals surface area contributed by atoms with E-state index in [4.69, 9.17) is 0 Å². The van der Waals surface area contributed by atoms with E-state index < -0.39 is 0 Å². The zero-order valence-electron chi connectivity index (χ0n) is 8.58. The molecular weight excluding hydrogens is 208 g/mol. The first-order valence-electron chi connectivity index (χ1n) is 5.26. The van der Waals surface area contributed by atoms with Crippen molar-refractivity contribution in [3.8, 4) is 0 Å². The Hall–Kier alpha value is -1.91. The lowest BCUT2D eigenvalue weighted by Gasteiger charge is -2.19. The Kier molecular flexibility index (Phi) is 1.77. The monoisotopic (exact) mass is 218 g/mol. The van der Waals surface area contributed by atoms with Gasteiger partial charge in [-0.3, -0.25) is 14.4 Å². The van der Waals surface area contributed by atoms with E-state index in [1.165, 1.54) is 0 Å². The lowest BCUT2D eigenvalue weighted by molar-refractivity contribution is 0.0879. The van der Waals surface area contributed by atoms with E-state index in [0.29, 0.717) is 30.0 Å². The summed E-state index contributed by atoms with van der Waals surface area (Å²) in [7, 11) is 0. The predicted molar refractivity (Wildman–Crippen MR) is 54.7 cm³/mol. The van der Waals surface area contributed by atoms with Crippen molar-refractivity contribution in [2.45, 2.75) is 19.4 Å². The Bertz CT molecular complexity index is 528. The molecular formula is C11H10N2O3. The highest BCUT2D eigenvalue weighted by atomic mass is 16.2.